The minimum absolute atomic E-state index is 0.313. The second-order valence-corrected chi connectivity index (χ2v) is 2.92. The van der Waals surface area contributed by atoms with Gasteiger partial charge >= 0.3 is 0 Å². The Balaban J connectivity index is 2.59. The molecule has 0 heterocycles. The number of hydrogen-bond acceptors (Lipinski definition) is 2. The minimum atomic E-state index is -0.317. The molecule has 0 spiro atoms. The van der Waals surface area contributed by atoms with E-state index < -0.39 is 0 Å². The van der Waals surface area contributed by atoms with Gasteiger partial charge in [-0.05, 0) is 37.6 Å². The number of rotatable bonds is 4. The van der Waals surface area contributed by atoms with Gasteiger partial charge in [0.2, 0.25) is 0 Å². The third kappa shape index (κ3) is 3.03. The quantitative estimate of drug-likeness (QED) is 0.723. The molecule has 3 heteroatoms. The second kappa shape index (κ2) is 4.82. The molecule has 0 fully saturated rings. The Kier molecular flexibility index (Phi) is 3.71. The molecule has 0 atom stereocenters. The van der Waals surface area contributed by atoms with E-state index in [0.29, 0.717) is 18.9 Å². The highest BCUT2D eigenvalue weighted by atomic mass is 19.1. The molecule has 2 nitrogen and oxygen atoms in total. The number of hydrogen-bond donors (Lipinski definition) is 1. The molecule has 0 bridgehead atoms. The maximum Gasteiger partial charge on any atom is 0.165 e. The monoisotopic (exact) mass is 183 g/mol. The number of ether oxygens (including phenoxy) is 1. The Bertz CT molecular complexity index is 276. The molecular weight excluding hydrogens is 169 g/mol. The van der Waals surface area contributed by atoms with Gasteiger partial charge < -0.3 is 10.5 Å². The highest BCUT2D eigenvalue weighted by molar-refractivity contribution is 5.29. The van der Waals surface area contributed by atoms with Gasteiger partial charge in [-0.15, -0.1) is 0 Å². The molecule has 0 aromatic heterocycles. The number of benzene rings is 1. The molecule has 0 amide bonds. The van der Waals surface area contributed by atoms with Crippen molar-refractivity contribution in [2.45, 2.75) is 13.3 Å². The SMILES string of the molecule is Cc1ccc(F)c(OCCCN)c1. The van der Waals surface area contributed by atoms with Crippen molar-refractivity contribution in [3.63, 3.8) is 0 Å². The van der Waals surface area contributed by atoms with Crippen LogP contribution in [0.2, 0.25) is 0 Å². The summed E-state index contributed by atoms with van der Waals surface area (Å²) >= 11 is 0. The molecule has 13 heavy (non-hydrogen) atoms. The summed E-state index contributed by atoms with van der Waals surface area (Å²) in [6.07, 6.45) is 0.743. The van der Waals surface area contributed by atoms with Gasteiger partial charge in [-0.25, -0.2) is 4.39 Å². The zero-order valence-electron chi connectivity index (χ0n) is 7.72. The van der Waals surface area contributed by atoms with E-state index >= 15 is 0 Å². The van der Waals surface area contributed by atoms with Crippen molar-refractivity contribution >= 4 is 0 Å². The van der Waals surface area contributed by atoms with Crippen LogP contribution >= 0.6 is 0 Å². The van der Waals surface area contributed by atoms with E-state index in [0.717, 1.165) is 12.0 Å². The molecule has 72 valence electrons. The van der Waals surface area contributed by atoms with Crippen LogP contribution in [0.5, 0.6) is 5.75 Å². The minimum Gasteiger partial charge on any atom is -0.490 e. The summed E-state index contributed by atoms with van der Waals surface area (Å²) in [4.78, 5) is 0. The van der Waals surface area contributed by atoms with Crippen molar-refractivity contribution in [2.24, 2.45) is 5.73 Å². The van der Waals surface area contributed by atoms with Gasteiger partial charge in [-0.3, -0.25) is 0 Å². The van der Waals surface area contributed by atoms with Crippen molar-refractivity contribution < 1.29 is 9.13 Å². The van der Waals surface area contributed by atoms with Crippen molar-refractivity contribution in [2.75, 3.05) is 13.2 Å². The van der Waals surface area contributed by atoms with Gasteiger partial charge in [-0.2, -0.15) is 0 Å². The summed E-state index contributed by atoms with van der Waals surface area (Å²) < 4.78 is 18.2. The summed E-state index contributed by atoms with van der Waals surface area (Å²) in [5.41, 5.74) is 6.28. The van der Waals surface area contributed by atoms with Gasteiger partial charge in [0.15, 0.2) is 11.6 Å². The Hall–Kier alpha value is -1.09. The normalized spacial score (nSPS) is 10.1. The fourth-order valence-electron chi connectivity index (χ4n) is 0.987. The van der Waals surface area contributed by atoms with Crippen LogP contribution in [0.15, 0.2) is 18.2 Å². The molecule has 1 aromatic carbocycles. The van der Waals surface area contributed by atoms with E-state index in [2.05, 4.69) is 0 Å². The average molecular weight is 183 g/mol. The first kappa shape index (κ1) is 9.99. The lowest BCUT2D eigenvalue weighted by atomic mass is 10.2. The Labute approximate surface area is 77.5 Å². The number of aryl methyl sites for hydroxylation is 1. The maximum atomic E-state index is 13.0. The molecule has 0 saturated carbocycles. The lowest BCUT2D eigenvalue weighted by molar-refractivity contribution is 0.297. The first-order valence-electron chi connectivity index (χ1n) is 4.33. The van der Waals surface area contributed by atoms with E-state index in [1.807, 2.05) is 6.92 Å². The molecule has 1 aromatic rings. The van der Waals surface area contributed by atoms with Crippen LogP contribution in [0, 0.1) is 12.7 Å². The Morgan fingerprint density at radius 3 is 2.92 bits per heavy atom. The summed E-state index contributed by atoms with van der Waals surface area (Å²) in [6.45, 7) is 2.93. The standard InChI is InChI=1S/C10H14FNO/c1-8-3-4-9(11)10(7-8)13-6-2-5-12/h3-4,7H,2,5-6,12H2,1H3. The van der Waals surface area contributed by atoms with Crippen LogP contribution in [0.1, 0.15) is 12.0 Å². The topological polar surface area (TPSA) is 35.2 Å². The first-order chi connectivity index (χ1) is 6.24. The molecular formula is C10H14FNO. The van der Waals surface area contributed by atoms with Crippen molar-refractivity contribution in [3.8, 4) is 5.75 Å². The van der Waals surface area contributed by atoms with Crippen molar-refractivity contribution in [1.29, 1.82) is 0 Å². The van der Waals surface area contributed by atoms with Gasteiger partial charge in [-0.1, -0.05) is 6.07 Å². The van der Waals surface area contributed by atoms with Crippen LogP contribution in [0.3, 0.4) is 0 Å². The molecule has 0 aliphatic rings. The largest absolute Gasteiger partial charge is 0.490 e. The zero-order valence-corrected chi connectivity index (χ0v) is 7.72. The van der Waals surface area contributed by atoms with Crippen LogP contribution in [0.25, 0.3) is 0 Å². The molecule has 0 radical (unpaired) electrons. The van der Waals surface area contributed by atoms with Gasteiger partial charge in [0.05, 0.1) is 6.61 Å². The fourth-order valence-corrected chi connectivity index (χ4v) is 0.987. The van der Waals surface area contributed by atoms with Crippen molar-refractivity contribution in [3.05, 3.63) is 29.6 Å². The third-order valence-corrected chi connectivity index (χ3v) is 1.69. The van der Waals surface area contributed by atoms with E-state index in [1.165, 1.54) is 6.07 Å². The predicted molar refractivity (Wildman–Crippen MR) is 50.3 cm³/mol. The van der Waals surface area contributed by atoms with Gasteiger partial charge in [0.1, 0.15) is 0 Å². The molecule has 2 N–H and O–H groups in total. The van der Waals surface area contributed by atoms with Gasteiger partial charge in [0, 0.05) is 0 Å². The third-order valence-electron chi connectivity index (χ3n) is 1.69. The summed E-state index contributed by atoms with van der Waals surface area (Å²) in [5, 5.41) is 0. The molecule has 0 saturated heterocycles. The summed E-state index contributed by atoms with van der Waals surface area (Å²) in [5.74, 6) is -0.00364. The summed E-state index contributed by atoms with van der Waals surface area (Å²) in [7, 11) is 0. The van der Waals surface area contributed by atoms with Crippen molar-refractivity contribution in [1.82, 2.24) is 0 Å². The highest BCUT2D eigenvalue weighted by Crippen LogP contribution is 2.18. The molecule has 0 aliphatic carbocycles. The van der Waals surface area contributed by atoms with E-state index in [-0.39, 0.29) is 5.82 Å². The number of halogens is 1. The first-order valence-corrected chi connectivity index (χ1v) is 4.33. The van der Waals surface area contributed by atoms with Crippen LogP contribution in [-0.2, 0) is 0 Å². The lowest BCUT2D eigenvalue weighted by Crippen LogP contribution is -2.06. The van der Waals surface area contributed by atoms with Gasteiger partial charge in [0.25, 0.3) is 0 Å². The van der Waals surface area contributed by atoms with Crippen LogP contribution in [0.4, 0.5) is 4.39 Å². The molecule has 0 aliphatic heterocycles. The zero-order chi connectivity index (χ0) is 9.68. The number of nitrogens with two attached hydrogens (primary N) is 1. The maximum absolute atomic E-state index is 13.0. The fraction of sp³-hybridized carbons (Fsp3) is 0.400. The second-order valence-electron chi connectivity index (χ2n) is 2.92. The molecule has 1 rings (SSSR count). The van der Waals surface area contributed by atoms with E-state index in [9.17, 15) is 4.39 Å². The van der Waals surface area contributed by atoms with E-state index in [1.54, 1.807) is 12.1 Å². The Morgan fingerprint density at radius 1 is 1.46 bits per heavy atom. The smallest absolute Gasteiger partial charge is 0.165 e. The predicted octanol–water partition coefficient (Wildman–Crippen LogP) is 1.86. The van der Waals surface area contributed by atoms with Crippen LogP contribution < -0.4 is 10.5 Å². The highest BCUT2D eigenvalue weighted by Gasteiger charge is 2.01. The molecule has 0 unspecified atom stereocenters. The Morgan fingerprint density at radius 2 is 2.23 bits per heavy atom. The van der Waals surface area contributed by atoms with E-state index in [4.69, 9.17) is 10.5 Å². The lowest BCUT2D eigenvalue weighted by Gasteiger charge is -2.06. The van der Waals surface area contributed by atoms with Crippen LogP contribution in [-0.4, -0.2) is 13.2 Å². The average Bonchev–Trinajstić information content (AvgIpc) is 2.11. The summed E-state index contributed by atoms with van der Waals surface area (Å²) in [6, 6.07) is 4.81.